The van der Waals surface area contributed by atoms with E-state index in [0.717, 1.165) is 0 Å². The Morgan fingerprint density at radius 2 is 1.86 bits per heavy atom. The summed E-state index contributed by atoms with van der Waals surface area (Å²) in [5, 5.41) is 5.74. The van der Waals surface area contributed by atoms with Crippen molar-refractivity contribution in [3.05, 3.63) is 30.3 Å². The van der Waals surface area contributed by atoms with Crippen molar-refractivity contribution in [2.75, 3.05) is 26.3 Å². The lowest BCUT2D eigenvalue weighted by atomic mass is 10.2. The monoisotopic (exact) mass is 312 g/mol. The average molecular weight is 312 g/mol. The van der Waals surface area contributed by atoms with Crippen LogP contribution < -0.4 is 5.01 Å². The Kier molecular flexibility index (Phi) is 4.77. The van der Waals surface area contributed by atoms with Gasteiger partial charge in [0.05, 0.1) is 12.8 Å². The average Bonchev–Trinajstić information content (AvgIpc) is 3.00. The molecule has 21 heavy (non-hydrogen) atoms. The Labute approximate surface area is 123 Å². The first-order valence-electron chi connectivity index (χ1n) is 6.27. The molecular formula is C13H17N2O5P. The predicted octanol–water partition coefficient (Wildman–Crippen LogP) is 2.24. The normalized spacial score (nSPS) is 18.5. The van der Waals surface area contributed by atoms with Gasteiger partial charge < -0.3 is 13.8 Å². The summed E-state index contributed by atoms with van der Waals surface area (Å²) in [6.45, 7) is 0. The molecule has 0 aliphatic carbocycles. The molecule has 1 aliphatic rings. The molecular weight excluding hydrogens is 295 g/mol. The molecule has 1 aromatic rings. The highest BCUT2D eigenvalue weighted by molar-refractivity contribution is 7.72. The third-order valence-electron chi connectivity index (χ3n) is 3.19. The first kappa shape index (κ1) is 15.7. The molecule has 0 saturated heterocycles. The lowest BCUT2D eigenvalue weighted by molar-refractivity contribution is -0.141. The summed E-state index contributed by atoms with van der Waals surface area (Å²) in [6.07, 6.45) is 0.126. The number of benzene rings is 1. The molecule has 114 valence electrons. The quantitative estimate of drug-likeness (QED) is 0.613. The van der Waals surface area contributed by atoms with Gasteiger partial charge in [-0.15, -0.1) is 0 Å². The third kappa shape index (κ3) is 3.00. The molecule has 1 atom stereocenters. The van der Waals surface area contributed by atoms with Crippen molar-refractivity contribution < 1.29 is 23.1 Å². The first-order valence-corrected chi connectivity index (χ1v) is 7.81. The molecule has 0 fully saturated rings. The van der Waals surface area contributed by atoms with Crippen LogP contribution in [0.4, 0.5) is 5.69 Å². The van der Waals surface area contributed by atoms with Crippen LogP contribution in [0.2, 0.25) is 0 Å². The van der Waals surface area contributed by atoms with E-state index in [4.69, 9.17) is 13.8 Å². The second kappa shape index (κ2) is 6.39. The molecule has 1 aliphatic heterocycles. The van der Waals surface area contributed by atoms with Crippen molar-refractivity contribution in [1.82, 2.24) is 0 Å². The summed E-state index contributed by atoms with van der Waals surface area (Å²) >= 11 is 0. The van der Waals surface area contributed by atoms with E-state index in [9.17, 15) is 9.36 Å². The Hall–Kier alpha value is -1.69. The van der Waals surface area contributed by atoms with E-state index in [1.54, 1.807) is 12.1 Å². The molecule has 1 aromatic carbocycles. The number of ether oxygens (including phenoxy) is 1. The van der Waals surface area contributed by atoms with E-state index in [2.05, 4.69) is 5.10 Å². The summed E-state index contributed by atoms with van der Waals surface area (Å²) in [5.41, 5.74) is 0.897. The van der Waals surface area contributed by atoms with Crippen LogP contribution in [0.5, 0.6) is 0 Å². The lowest BCUT2D eigenvalue weighted by Crippen LogP contribution is -2.35. The van der Waals surface area contributed by atoms with Crippen molar-refractivity contribution in [2.45, 2.75) is 12.5 Å². The van der Waals surface area contributed by atoms with Gasteiger partial charge >= 0.3 is 13.6 Å². The molecule has 0 amide bonds. The number of carbonyl (C=O) groups excluding carboxylic acids is 1. The van der Waals surface area contributed by atoms with Crippen molar-refractivity contribution in [1.29, 1.82) is 0 Å². The van der Waals surface area contributed by atoms with Gasteiger partial charge in [0.25, 0.3) is 0 Å². The van der Waals surface area contributed by atoms with Crippen molar-refractivity contribution in [2.24, 2.45) is 5.10 Å². The fraction of sp³-hybridized carbons (Fsp3) is 0.385. The molecule has 1 heterocycles. The van der Waals surface area contributed by atoms with E-state index >= 15 is 0 Å². The van der Waals surface area contributed by atoms with Gasteiger partial charge in [-0.1, -0.05) is 18.2 Å². The number of hydrogen-bond donors (Lipinski definition) is 0. The van der Waals surface area contributed by atoms with Crippen LogP contribution in [-0.2, 0) is 23.1 Å². The zero-order valence-corrected chi connectivity index (χ0v) is 12.9. The fourth-order valence-electron chi connectivity index (χ4n) is 2.08. The minimum Gasteiger partial charge on any atom is -0.467 e. The molecule has 8 heteroatoms. The van der Waals surface area contributed by atoms with Gasteiger partial charge in [-0.3, -0.25) is 9.57 Å². The fourth-order valence-corrected chi connectivity index (χ4v) is 3.26. The van der Waals surface area contributed by atoms with Gasteiger partial charge in [0.15, 0.2) is 11.5 Å². The molecule has 0 aromatic heterocycles. The van der Waals surface area contributed by atoms with Crippen molar-refractivity contribution in [3.8, 4) is 0 Å². The number of hydrazone groups is 1. The van der Waals surface area contributed by atoms with E-state index in [0.29, 0.717) is 5.69 Å². The smallest absolute Gasteiger partial charge is 0.376 e. The van der Waals surface area contributed by atoms with Gasteiger partial charge in [-0.05, 0) is 12.1 Å². The highest BCUT2D eigenvalue weighted by atomic mass is 31.2. The Balaban J connectivity index is 2.40. The number of carbonyl (C=O) groups is 1. The number of anilines is 1. The van der Waals surface area contributed by atoms with Crippen LogP contribution in [0.3, 0.4) is 0 Å². The summed E-state index contributed by atoms with van der Waals surface area (Å²) < 4.78 is 27.1. The van der Waals surface area contributed by atoms with Gasteiger partial charge in [0, 0.05) is 20.6 Å². The summed E-state index contributed by atoms with van der Waals surface area (Å²) in [6, 6.07) is 8.41. The minimum absolute atomic E-state index is 0.126. The van der Waals surface area contributed by atoms with Crippen LogP contribution in [0.15, 0.2) is 35.4 Å². The van der Waals surface area contributed by atoms with Gasteiger partial charge in [0.1, 0.15) is 0 Å². The molecule has 0 saturated carbocycles. The standard InChI is InChI=1S/C13H17N2O5P/c1-18-13(16)11-9-12(21(17,19-2)20-3)14-15(11)10-7-5-4-6-8-10/h4-8,11H,9H2,1-3H3. The number of esters is 1. The number of nitrogens with zero attached hydrogens (tertiary/aromatic N) is 2. The molecule has 0 N–H and O–H groups in total. The second-order valence-electron chi connectivity index (χ2n) is 4.30. The maximum atomic E-state index is 12.4. The van der Waals surface area contributed by atoms with Gasteiger partial charge in [-0.25, -0.2) is 4.79 Å². The van der Waals surface area contributed by atoms with Crippen LogP contribution in [-0.4, -0.2) is 38.8 Å². The molecule has 1 unspecified atom stereocenters. The van der Waals surface area contributed by atoms with E-state index in [-0.39, 0.29) is 11.9 Å². The number of hydrogen-bond acceptors (Lipinski definition) is 7. The molecule has 7 nitrogen and oxygen atoms in total. The maximum absolute atomic E-state index is 12.4. The number of methoxy groups -OCH3 is 1. The molecule has 0 spiro atoms. The van der Waals surface area contributed by atoms with Crippen LogP contribution >= 0.6 is 7.60 Å². The summed E-state index contributed by atoms with van der Waals surface area (Å²) in [7, 11) is 0.393. The first-order chi connectivity index (χ1) is 10.1. The van der Waals surface area contributed by atoms with Gasteiger partial charge in [-0.2, -0.15) is 5.10 Å². The van der Waals surface area contributed by atoms with E-state index < -0.39 is 19.6 Å². The Morgan fingerprint density at radius 1 is 1.24 bits per heavy atom. The zero-order valence-electron chi connectivity index (χ0n) is 12.1. The van der Waals surface area contributed by atoms with Crippen LogP contribution in [0.25, 0.3) is 0 Å². The number of rotatable bonds is 5. The topological polar surface area (TPSA) is 77.4 Å². The summed E-state index contributed by atoms with van der Waals surface area (Å²) in [4.78, 5) is 11.9. The predicted molar refractivity (Wildman–Crippen MR) is 78.4 cm³/mol. The van der Waals surface area contributed by atoms with E-state index in [1.165, 1.54) is 26.3 Å². The highest BCUT2D eigenvalue weighted by Gasteiger charge is 2.42. The SMILES string of the molecule is COC(=O)C1CC(P(=O)(OC)OC)=NN1c1ccccc1. The molecule has 2 rings (SSSR count). The van der Waals surface area contributed by atoms with E-state index in [1.807, 2.05) is 18.2 Å². The molecule has 0 bridgehead atoms. The van der Waals surface area contributed by atoms with Crippen LogP contribution in [0, 0.1) is 0 Å². The van der Waals surface area contributed by atoms with Crippen LogP contribution in [0.1, 0.15) is 6.42 Å². The number of para-hydroxylation sites is 1. The molecule has 0 radical (unpaired) electrons. The van der Waals surface area contributed by atoms with Crippen molar-refractivity contribution >= 4 is 24.7 Å². The minimum atomic E-state index is -3.47. The zero-order chi connectivity index (χ0) is 15.5. The maximum Gasteiger partial charge on any atom is 0.376 e. The van der Waals surface area contributed by atoms with Crippen molar-refractivity contribution in [3.63, 3.8) is 0 Å². The second-order valence-corrected chi connectivity index (χ2v) is 6.54. The lowest BCUT2D eigenvalue weighted by Gasteiger charge is -2.21. The third-order valence-corrected chi connectivity index (χ3v) is 5.05. The largest absolute Gasteiger partial charge is 0.467 e. The Morgan fingerprint density at radius 3 is 2.38 bits per heavy atom. The Bertz CT molecular complexity index is 581. The van der Waals surface area contributed by atoms with Gasteiger partial charge in [0.2, 0.25) is 0 Å². The summed E-state index contributed by atoms with van der Waals surface area (Å²) in [5.74, 6) is -0.462. The highest BCUT2D eigenvalue weighted by Crippen LogP contribution is 2.51.